The molecule has 0 atom stereocenters. The van der Waals surface area contributed by atoms with E-state index in [1.807, 2.05) is 30.3 Å². The molecule has 0 aliphatic carbocycles. The van der Waals surface area contributed by atoms with E-state index >= 15 is 0 Å². The fourth-order valence-corrected chi connectivity index (χ4v) is 1.35. The molecule has 1 heterocycles. The number of nitrogens with zero attached hydrogens (tertiary/aromatic N) is 2. The van der Waals surface area contributed by atoms with Crippen LogP contribution in [0.3, 0.4) is 0 Å². The molecular weight excluding hydrogens is 204 g/mol. The summed E-state index contributed by atoms with van der Waals surface area (Å²) < 4.78 is 0. The van der Waals surface area contributed by atoms with Crippen LogP contribution >= 0.6 is 0 Å². The molecule has 5 nitrogen and oxygen atoms in total. The number of hydrogen-bond donors (Lipinski definition) is 2. The van der Waals surface area contributed by atoms with Gasteiger partial charge >= 0.3 is 0 Å². The second kappa shape index (κ2) is 4.47. The minimum Gasteiger partial charge on any atom is -0.337 e. The fraction of sp³-hybridized carbons (Fsp3) is 0.0909. The first kappa shape index (κ1) is 10.2. The number of hydrogen-bond acceptors (Lipinski definition) is 4. The van der Waals surface area contributed by atoms with Crippen molar-refractivity contribution in [2.45, 2.75) is 0 Å². The summed E-state index contributed by atoms with van der Waals surface area (Å²) in [5.74, 6) is 0.522. The van der Waals surface area contributed by atoms with Crippen LogP contribution in [0, 0.1) is 11.3 Å². The molecule has 80 valence electrons. The molecule has 1 aromatic heterocycles. The number of nitriles is 1. The number of nitrogens with one attached hydrogen (secondary N) is 2. The molecule has 0 unspecified atom stereocenters. The second-order valence-electron chi connectivity index (χ2n) is 3.09. The monoisotopic (exact) mass is 214 g/mol. The fourth-order valence-electron chi connectivity index (χ4n) is 1.35. The Morgan fingerprint density at radius 2 is 2.38 bits per heavy atom. The molecule has 0 spiro atoms. The van der Waals surface area contributed by atoms with E-state index in [1.165, 1.54) is 13.3 Å². The van der Waals surface area contributed by atoms with Crippen molar-refractivity contribution in [3.8, 4) is 6.07 Å². The number of rotatable bonds is 3. The normalized spacial score (nSPS) is 11.4. The van der Waals surface area contributed by atoms with Gasteiger partial charge in [0.1, 0.15) is 11.6 Å². The van der Waals surface area contributed by atoms with Gasteiger partial charge in [0.15, 0.2) is 5.82 Å². The van der Waals surface area contributed by atoms with Gasteiger partial charge < -0.3 is 4.98 Å². The van der Waals surface area contributed by atoms with Gasteiger partial charge in [0.05, 0.1) is 18.1 Å². The van der Waals surface area contributed by atoms with Crippen molar-refractivity contribution in [3.63, 3.8) is 0 Å². The van der Waals surface area contributed by atoms with Crippen LogP contribution in [-0.4, -0.2) is 17.1 Å². The predicted molar refractivity (Wildman–Crippen MR) is 59.8 cm³/mol. The molecule has 0 saturated carbocycles. The van der Waals surface area contributed by atoms with Crippen LogP contribution in [0.1, 0.15) is 5.82 Å². The number of allylic oxidation sites excluding steroid dienone is 1. The molecule has 2 N–H and O–H groups in total. The molecule has 0 aliphatic rings. The van der Waals surface area contributed by atoms with Gasteiger partial charge in [0, 0.05) is 6.20 Å². The lowest BCUT2D eigenvalue weighted by Gasteiger charge is -1.95. The first-order valence-electron chi connectivity index (χ1n) is 4.69. The average Bonchev–Trinajstić information content (AvgIpc) is 2.73. The summed E-state index contributed by atoms with van der Waals surface area (Å²) in [4.78, 5) is 12.0. The minimum absolute atomic E-state index is 0.387. The summed E-state index contributed by atoms with van der Waals surface area (Å²) in [6, 6.07) is 9.64. The number of aromatic amines is 1. The van der Waals surface area contributed by atoms with E-state index in [1.54, 1.807) is 0 Å². The highest BCUT2D eigenvalue weighted by molar-refractivity contribution is 5.81. The van der Waals surface area contributed by atoms with Gasteiger partial charge in [-0.3, -0.25) is 10.3 Å². The van der Waals surface area contributed by atoms with Crippen molar-refractivity contribution >= 4 is 16.6 Å². The van der Waals surface area contributed by atoms with Crippen LogP contribution in [0.15, 0.2) is 30.5 Å². The maximum absolute atomic E-state index is 8.96. The Bertz CT molecular complexity index is 532. The molecular formula is C11H10N4O. The van der Waals surface area contributed by atoms with Gasteiger partial charge in [0.2, 0.25) is 0 Å². The Hall–Kier alpha value is -2.32. The zero-order valence-corrected chi connectivity index (χ0v) is 8.69. The lowest BCUT2D eigenvalue weighted by atomic mass is 10.3. The van der Waals surface area contributed by atoms with Crippen LogP contribution in [0.2, 0.25) is 0 Å². The largest absolute Gasteiger partial charge is 0.337 e. The molecule has 0 radical (unpaired) electrons. The number of para-hydroxylation sites is 2. The van der Waals surface area contributed by atoms with Crippen LogP contribution in [0.4, 0.5) is 0 Å². The Morgan fingerprint density at radius 3 is 3.06 bits per heavy atom. The topological polar surface area (TPSA) is 73.7 Å². The Morgan fingerprint density at radius 1 is 1.56 bits per heavy atom. The van der Waals surface area contributed by atoms with E-state index in [2.05, 4.69) is 20.3 Å². The molecule has 0 fully saturated rings. The number of imidazole rings is 1. The summed E-state index contributed by atoms with van der Waals surface area (Å²) in [6.45, 7) is 0. The Kier molecular flexibility index (Phi) is 2.85. The van der Waals surface area contributed by atoms with E-state index in [0.717, 1.165) is 11.0 Å². The van der Waals surface area contributed by atoms with Crippen molar-refractivity contribution in [3.05, 3.63) is 36.3 Å². The van der Waals surface area contributed by atoms with Crippen molar-refractivity contribution in [2.75, 3.05) is 7.11 Å². The van der Waals surface area contributed by atoms with Crippen molar-refractivity contribution < 1.29 is 4.84 Å². The van der Waals surface area contributed by atoms with E-state index < -0.39 is 0 Å². The molecule has 2 rings (SSSR count). The molecule has 1 aromatic carbocycles. The van der Waals surface area contributed by atoms with Crippen LogP contribution in [0.5, 0.6) is 0 Å². The third-order valence-corrected chi connectivity index (χ3v) is 2.09. The Labute approximate surface area is 92.3 Å². The highest BCUT2D eigenvalue weighted by Crippen LogP contribution is 2.15. The van der Waals surface area contributed by atoms with Crippen molar-refractivity contribution in [2.24, 2.45) is 0 Å². The van der Waals surface area contributed by atoms with Gasteiger partial charge in [-0.05, 0) is 12.1 Å². The SMILES string of the molecule is CON/C=C(/C#N)c1nc2ccccc2[nH]1. The van der Waals surface area contributed by atoms with E-state index in [4.69, 9.17) is 5.26 Å². The first-order chi connectivity index (χ1) is 7.85. The van der Waals surface area contributed by atoms with Crippen LogP contribution in [-0.2, 0) is 4.84 Å². The first-order valence-corrected chi connectivity index (χ1v) is 4.69. The number of H-pyrrole nitrogens is 1. The minimum atomic E-state index is 0.387. The quantitative estimate of drug-likeness (QED) is 0.601. The van der Waals surface area contributed by atoms with Gasteiger partial charge in [-0.25, -0.2) is 4.98 Å². The summed E-state index contributed by atoms with van der Waals surface area (Å²) >= 11 is 0. The third kappa shape index (κ3) is 1.87. The van der Waals surface area contributed by atoms with Crippen molar-refractivity contribution in [1.29, 1.82) is 5.26 Å². The van der Waals surface area contributed by atoms with Crippen LogP contribution in [0.25, 0.3) is 16.6 Å². The van der Waals surface area contributed by atoms with Gasteiger partial charge in [-0.1, -0.05) is 12.1 Å². The lowest BCUT2D eigenvalue weighted by Crippen LogP contribution is -2.02. The standard InChI is InChI=1S/C11H10N4O/c1-16-13-7-8(6-12)11-14-9-4-2-3-5-10(9)15-11/h2-5,7,13H,1H3,(H,14,15)/b8-7-. The van der Waals surface area contributed by atoms with E-state index in [9.17, 15) is 0 Å². The summed E-state index contributed by atoms with van der Waals surface area (Å²) in [7, 11) is 1.48. The number of hydroxylamine groups is 1. The summed E-state index contributed by atoms with van der Waals surface area (Å²) in [5.41, 5.74) is 4.61. The number of aromatic nitrogens is 2. The third-order valence-electron chi connectivity index (χ3n) is 2.09. The van der Waals surface area contributed by atoms with Gasteiger partial charge in [-0.15, -0.1) is 0 Å². The molecule has 2 aromatic rings. The average molecular weight is 214 g/mol. The highest BCUT2D eigenvalue weighted by Gasteiger charge is 2.06. The molecule has 0 aliphatic heterocycles. The van der Waals surface area contributed by atoms with E-state index in [-0.39, 0.29) is 0 Å². The Balaban J connectivity index is 2.43. The zero-order chi connectivity index (χ0) is 11.4. The molecule has 0 saturated heterocycles. The zero-order valence-electron chi connectivity index (χ0n) is 8.69. The van der Waals surface area contributed by atoms with E-state index in [0.29, 0.717) is 11.4 Å². The summed E-state index contributed by atoms with van der Waals surface area (Å²) in [6.07, 6.45) is 1.46. The van der Waals surface area contributed by atoms with Crippen LogP contribution < -0.4 is 5.48 Å². The maximum atomic E-state index is 8.96. The molecule has 5 heteroatoms. The highest BCUT2D eigenvalue weighted by atomic mass is 16.6. The maximum Gasteiger partial charge on any atom is 0.150 e. The lowest BCUT2D eigenvalue weighted by molar-refractivity contribution is 0.129. The smallest absolute Gasteiger partial charge is 0.150 e. The number of benzene rings is 1. The van der Waals surface area contributed by atoms with Crippen molar-refractivity contribution in [1.82, 2.24) is 15.4 Å². The molecule has 16 heavy (non-hydrogen) atoms. The van der Waals surface area contributed by atoms with Gasteiger partial charge in [0.25, 0.3) is 0 Å². The predicted octanol–water partition coefficient (Wildman–Crippen LogP) is 1.58. The second-order valence-corrected chi connectivity index (χ2v) is 3.09. The number of fused-ring (bicyclic) bond motifs is 1. The van der Waals surface area contributed by atoms with Gasteiger partial charge in [-0.2, -0.15) is 5.26 Å². The molecule has 0 bridgehead atoms. The molecule has 0 amide bonds. The summed E-state index contributed by atoms with van der Waals surface area (Å²) in [5, 5.41) is 8.96.